The molecule has 2 heterocycles. The van der Waals surface area contributed by atoms with E-state index in [1.54, 1.807) is 12.1 Å². The predicted octanol–water partition coefficient (Wildman–Crippen LogP) is 3.25. The molecular weight excluding hydrogens is 356 g/mol. The van der Waals surface area contributed by atoms with E-state index in [9.17, 15) is 10.1 Å². The maximum absolute atomic E-state index is 11.1. The van der Waals surface area contributed by atoms with Crippen LogP contribution in [0.2, 0.25) is 0 Å². The number of benzene rings is 2. The van der Waals surface area contributed by atoms with Crippen molar-refractivity contribution in [3.63, 3.8) is 0 Å². The lowest BCUT2D eigenvalue weighted by molar-refractivity contribution is -0.383. The SMILES string of the molecule is CC(C)N1CCN(c2ccc3nc(-c4ccc(N)c([N+](=O)[O-])c4)[nH]c3c2)CC1. The van der Waals surface area contributed by atoms with Crippen LogP contribution < -0.4 is 10.6 Å². The molecule has 4 rings (SSSR count). The van der Waals surface area contributed by atoms with Gasteiger partial charge in [0.05, 0.1) is 16.0 Å². The predicted molar refractivity (Wildman–Crippen MR) is 112 cm³/mol. The van der Waals surface area contributed by atoms with Gasteiger partial charge in [0.15, 0.2) is 0 Å². The number of H-pyrrole nitrogens is 1. The first-order chi connectivity index (χ1) is 13.4. The van der Waals surface area contributed by atoms with E-state index in [1.807, 2.05) is 6.07 Å². The topological polar surface area (TPSA) is 104 Å². The number of fused-ring (bicyclic) bond motifs is 1. The van der Waals surface area contributed by atoms with E-state index >= 15 is 0 Å². The van der Waals surface area contributed by atoms with Gasteiger partial charge in [-0.1, -0.05) is 0 Å². The summed E-state index contributed by atoms with van der Waals surface area (Å²) in [6, 6.07) is 11.5. The Balaban J connectivity index is 1.61. The van der Waals surface area contributed by atoms with Gasteiger partial charge in [0.25, 0.3) is 5.69 Å². The van der Waals surface area contributed by atoms with Gasteiger partial charge < -0.3 is 15.6 Å². The van der Waals surface area contributed by atoms with E-state index in [4.69, 9.17) is 5.73 Å². The summed E-state index contributed by atoms with van der Waals surface area (Å²) in [5.74, 6) is 0.597. The minimum atomic E-state index is -0.476. The minimum absolute atomic E-state index is 0.110. The Kier molecular flexibility index (Phi) is 4.64. The molecule has 3 N–H and O–H groups in total. The second kappa shape index (κ2) is 7.12. The second-order valence-electron chi connectivity index (χ2n) is 7.43. The molecule has 146 valence electrons. The Morgan fingerprint density at radius 2 is 1.89 bits per heavy atom. The number of hydrogen-bond acceptors (Lipinski definition) is 6. The summed E-state index contributed by atoms with van der Waals surface area (Å²) in [7, 11) is 0. The molecular formula is C20H24N6O2. The molecule has 3 aromatic rings. The highest BCUT2D eigenvalue weighted by Gasteiger charge is 2.20. The number of nitro groups is 1. The number of nitrogen functional groups attached to an aromatic ring is 1. The van der Waals surface area contributed by atoms with Crippen molar-refractivity contribution in [3.05, 3.63) is 46.5 Å². The van der Waals surface area contributed by atoms with Crippen molar-refractivity contribution >= 4 is 28.1 Å². The molecule has 1 aromatic heterocycles. The highest BCUT2D eigenvalue weighted by atomic mass is 16.6. The summed E-state index contributed by atoms with van der Waals surface area (Å²) in [5.41, 5.74) is 9.28. The van der Waals surface area contributed by atoms with Gasteiger partial charge in [0.1, 0.15) is 11.5 Å². The van der Waals surface area contributed by atoms with Crippen molar-refractivity contribution in [1.82, 2.24) is 14.9 Å². The Morgan fingerprint density at radius 1 is 1.14 bits per heavy atom. The number of nitrogens with one attached hydrogen (secondary N) is 1. The monoisotopic (exact) mass is 380 g/mol. The van der Waals surface area contributed by atoms with Crippen LogP contribution in [0.3, 0.4) is 0 Å². The molecule has 0 aliphatic carbocycles. The zero-order valence-electron chi connectivity index (χ0n) is 16.1. The first kappa shape index (κ1) is 18.2. The summed E-state index contributed by atoms with van der Waals surface area (Å²) in [6.07, 6.45) is 0. The van der Waals surface area contributed by atoms with Crippen molar-refractivity contribution in [3.8, 4) is 11.4 Å². The third kappa shape index (κ3) is 3.38. The number of nitro benzene ring substituents is 1. The van der Waals surface area contributed by atoms with Gasteiger partial charge in [0, 0.05) is 49.5 Å². The molecule has 0 spiro atoms. The molecule has 0 radical (unpaired) electrons. The fraction of sp³-hybridized carbons (Fsp3) is 0.350. The van der Waals surface area contributed by atoms with E-state index in [2.05, 4.69) is 45.7 Å². The average Bonchev–Trinajstić information content (AvgIpc) is 3.11. The standard InChI is InChI=1S/C20H24N6O2/c1-13(2)24-7-9-25(10-8-24)15-4-6-17-18(12-15)23-20(22-17)14-3-5-16(21)19(11-14)26(27)28/h3-6,11-13H,7-10,21H2,1-2H3,(H,22,23). The second-order valence-corrected chi connectivity index (χ2v) is 7.43. The smallest absolute Gasteiger partial charge is 0.292 e. The van der Waals surface area contributed by atoms with Gasteiger partial charge in [-0.05, 0) is 44.2 Å². The largest absolute Gasteiger partial charge is 0.393 e. The quantitative estimate of drug-likeness (QED) is 0.409. The fourth-order valence-electron chi connectivity index (χ4n) is 3.68. The lowest BCUT2D eigenvalue weighted by Crippen LogP contribution is -2.48. The average molecular weight is 380 g/mol. The molecule has 2 aromatic carbocycles. The zero-order chi connectivity index (χ0) is 19.8. The molecule has 1 aliphatic heterocycles. The molecule has 0 unspecified atom stereocenters. The molecule has 8 nitrogen and oxygen atoms in total. The van der Waals surface area contributed by atoms with E-state index in [-0.39, 0.29) is 11.4 Å². The van der Waals surface area contributed by atoms with Crippen molar-refractivity contribution in [2.75, 3.05) is 36.8 Å². The molecule has 0 amide bonds. The van der Waals surface area contributed by atoms with E-state index in [0.29, 0.717) is 17.4 Å². The lowest BCUT2D eigenvalue weighted by Gasteiger charge is -2.38. The number of anilines is 2. The first-order valence-electron chi connectivity index (χ1n) is 9.45. The molecule has 0 saturated carbocycles. The fourth-order valence-corrected chi connectivity index (χ4v) is 3.68. The summed E-state index contributed by atoms with van der Waals surface area (Å²) in [5, 5.41) is 11.1. The highest BCUT2D eigenvalue weighted by Crippen LogP contribution is 2.30. The molecule has 28 heavy (non-hydrogen) atoms. The van der Waals surface area contributed by atoms with Gasteiger partial charge in [-0.2, -0.15) is 0 Å². The van der Waals surface area contributed by atoms with Crippen molar-refractivity contribution in [2.45, 2.75) is 19.9 Å². The Morgan fingerprint density at radius 3 is 2.57 bits per heavy atom. The highest BCUT2D eigenvalue weighted by molar-refractivity contribution is 5.83. The Labute approximate surface area is 163 Å². The van der Waals surface area contributed by atoms with E-state index in [1.165, 1.54) is 6.07 Å². The van der Waals surface area contributed by atoms with Gasteiger partial charge in [-0.3, -0.25) is 15.0 Å². The molecule has 8 heteroatoms. The van der Waals surface area contributed by atoms with Gasteiger partial charge in [0.2, 0.25) is 0 Å². The maximum atomic E-state index is 11.1. The Bertz CT molecular complexity index is 1020. The molecule has 1 fully saturated rings. The molecule has 0 bridgehead atoms. The van der Waals surface area contributed by atoms with Crippen LogP contribution in [-0.2, 0) is 0 Å². The van der Waals surface area contributed by atoms with Gasteiger partial charge in [-0.25, -0.2) is 4.98 Å². The third-order valence-corrected chi connectivity index (χ3v) is 5.38. The number of piperazine rings is 1. The van der Waals surface area contributed by atoms with Crippen LogP contribution in [-0.4, -0.2) is 52.0 Å². The van der Waals surface area contributed by atoms with Crippen LogP contribution in [0.15, 0.2) is 36.4 Å². The number of rotatable bonds is 4. The van der Waals surface area contributed by atoms with Crippen molar-refractivity contribution in [2.24, 2.45) is 0 Å². The summed E-state index contributed by atoms with van der Waals surface area (Å²) < 4.78 is 0. The van der Waals surface area contributed by atoms with Gasteiger partial charge in [-0.15, -0.1) is 0 Å². The summed E-state index contributed by atoms with van der Waals surface area (Å²) in [6.45, 7) is 8.56. The van der Waals surface area contributed by atoms with Crippen molar-refractivity contribution < 1.29 is 4.92 Å². The number of nitrogens with zero attached hydrogens (tertiary/aromatic N) is 4. The first-order valence-corrected chi connectivity index (χ1v) is 9.45. The number of hydrogen-bond donors (Lipinski definition) is 2. The van der Waals surface area contributed by atoms with E-state index in [0.717, 1.165) is 42.9 Å². The molecule has 1 aliphatic rings. The summed E-state index contributed by atoms with van der Waals surface area (Å²) in [4.78, 5) is 23.4. The van der Waals surface area contributed by atoms with Crippen LogP contribution in [0.5, 0.6) is 0 Å². The lowest BCUT2D eigenvalue weighted by atomic mass is 10.1. The zero-order valence-corrected chi connectivity index (χ0v) is 16.1. The summed E-state index contributed by atoms with van der Waals surface area (Å²) >= 11 is 0. The molecule has 0 atom stereocenters. The maximum Gasteiger partial charge on any atom is 0.292 e. The number of imidazole rings is 1. The normalized spacial score (nSPS) is 15.5. The molecule has 1 saturated heterocycles. The van der Waals surface area contributed by atoms with E-state index < -0.39 is 4.92 Å². The van der Waals surface area contributed by atoms with Gasteiger partial charge >= 0.3 is 0 Å². The number of nitrogens with two attached hydrogens (primary N) is 1. The van der Waals surface area contributed by atoms with Crippen LogP contribution in [0.4, 0.5) is 17.1 Å². The van der Waals surface area contributed by atoms with Crippen molar-refractivity contribution in [1.29, 1.82) is 0 Å². The van der Waals surface area contributed by atoms with Crippen LogP contribution >= 0.6 is 0 Å². The Hall–Kier alpha value is -3.13. The minimum Gasteiger partial charge on any atom is -0.393 e. The van der Waals surface area contributed by atoms with Crippen LogP contribution in [0.1, 0.15) is 13.8 Å². The van der Waals surface area contributed by atoms with Crippen LogP contribution in [0.25, 0.3) is 22.4 Å². The number of aromatic nitrogens is 2. The third-order valence-electron chi connectivity index (χ3n) is 5.38. The number of aromatic amines is 1. The van der Waals surface area contributed by atoms with Crippen LogP contribution in [0, 0.1) is 10.1 Å².